The van der Waals surface area contributed by atoms with Crippen LogP contribution in [0.2, 0.25) is 0 Å². The van der Waals surface area contributed by atoms with E-state index in [1.54, 1.807) is 0 Å². The Morgan fingerprint density at radius 1 is 1.50 bits per heavy atom. The van der Waals surface area contributed by atoms with Gasteiger partial charge in [0.25, 0.3) is 0 Å². The summed E-state index contributed by atoms with van der Waals surface area (Å²) in [6.07, 6.45) is 1.96. The SMILES string of the molecule is N#CCCCCC(=O)O.[NaH]. The molecular formula is C6H10NNaO2. The molecule has 0 spiro atoms. The summed E-state index contributed by atoms with van der Waals surface area (Å²) in [6.45, 7) is 0. The van der Waals surface area contributed by atoms with Crippen molar-refractivity contribution in [3.8, 4) is 6.07 Å². The first-order chi connectivity index (χ1) is 4.27. The number of rotatable bonds is 4. The average Bonchev–Trinajstić information content (AvgIpc) is 1.80. The maximum atomic E-state index is 9.88. The molecule has 0 unspecified atom stereocenters. The third-order valence-corrected chi connectivity index (χ3v) is 0.929. The maximum absolute atomic E-state index is 9.88. The summed E-state index contributed by atoms with van der Waals surface area (Å²) in [5.41, 5.74) is 0. The first kappa shape index (κ1) is 12.6. The topological polar surface area (TPSA) is 61.1 Å². The normalized spacial score (nSPS) is 7.50. The zero-order chi connectivity index (χ0) is 7.11. The number of aliphatic carboxylic acids is 1. The summed E-state index contributed by atoms with van der Waals surface area (Å²) in [5.74, 6) is -0.784. The molecule has 0 aromatic carbocycles. The molecule has 0 aliphatic carbocycles. The fourth-order valence-corrected chi connectivity index (χ4v) is 0.480. The fraction of sp³-hybridized carbons (Fsp3) is 0.667. The molecule has 10 heavy (non-hydrogen) atoms. The molecule has 0 aliphatic rings. The molecule has 0 heterocycles. The van der Waals surface area contributed by atoms with Crippen LogP contribution in [0.25, 0.3) is 0 Å². The van der Waals surface area contributed by atoms with Crippen LogP contribution < -0.4 is 0 Å². The number of nitrogens with zero attached hydrogens (tertiary/aromatic N) is 1. The Morgan fingerprint density at radius 3 is 2.50 bits per heavy atom. The monoisotopic (exact) mass is 151 g/mol. The van der Waals surface area contributed by atoms with Crippen molar-refractivity contribution in [1.29, 1.82) is 5.26 Å². The van der Waals surface area contributed by atoms with E-state index in [0.717, 1.165) is 0 Å². The van der Waals surface area contributed by atoms with Gasteiger partial charge in [-0.15, -0.1) is 0 Å². The van der Waals surface area contributed by atoms with Gasteiger partial charge in [-0.25, -0.2) is 0 Å². The van der Waals surface area contributed by atoms with Crippen LogP contribution in [0.3, 0.4) is 0 Å². The van der Waals surface area contributed by atoms with Crippen LogP contribution in [0.15, 0.2) is 0 Å². The van der Waals surface area contributed by atoms with Crippen LogP contribution in [-0.2, 0) is 4.79 Å². The van der Waals surface area contributed by atoms with Crippen molar-refractivity contribution in [2.75, 3.05) is 0 Å². The third-order valence-electron chi connectivity index (χ3n) is 0.929. The number of carboxylic acids is 1. The molecule has 0 aliphatic heterocycles. The molecule has 4 heteroatoms. The van der Waals surface area contributed by atoms with Gasteiger partial charge in [-0.1, -0.05) is 0 Å². The van der Waals surface area contributed by atoms with E-state index in [1.165, 1.54) is 0 Å². The van der Waals surface area contributed by atoms with Crippen molar-refractivity contribution < 1.29 is 9.90 Å². The summed E-state index contributed by atoms with van der Waals surface area (Å²) in [6, 6.07) is 1.95. The zero-order valence-corrected chi connectivity index (χ0v) is 5.13. The molecule has 0 fully saturated rings. The zero-order valence-electron chi connectivity index (χ0n) is 5.13. The summed E-state index contributed by atoms with van der Waals surface area (Å²) < 4.78 is 0. The molecule has 0 rings (SSSR count). The van der Waals surface area contributed by atoms with Crippen molar-refractivity contribution in [3.63, 3.8) is 0 Å². The predicted octanol–water partition coefficient (Wildman–Crippen LogP) is 0.506. The fourth-order valence-electron chi connectivity index (χ4n) is 0.480. The van der Waals surface area contributed by atoms with Gasteiger partial charge in [0, 0.05) is 12.8 Å². The van der Waals surface area contributed by atoms with E-state index in [0.29, 0.717) is 19.3 Å². The van der Waals surface area contributed by atoms with Crippen molar-refractivity contribution in [1.82, 2.24) is 0 Å². The molecule has 52 valence electrons. The molecule has 0 saturated carbocycles. The van der Waals surface area contributed by atoms with Gasteiger partial charge in [-0.05, 0) is 12.8 Å². The number of carbonyl (C=O) groups is 1. The molecule has 0 aromatic heterocycles. The number of carboxylic acid groups (broad SMARTS) is 1. The van der Waals surface area contributed by atoms with Crippen LogP contribution >= 0.6 is 0 Å². The Kier molecular flexibility index (Phi) is 11.3. The second kappa shape index (κ2) is 8.96. The molecule has 0 saturated heterocycles. The summed E-state index contributed by atoms with van der Waals surface area (Å²) in [5, 5.41) is 16.2. The van der Waals surface area contributed by atoms with Crippen molar-refractivity contribution in [2.45, 2.75) is 25.7 Å². The van der Waals surface area contributed by atoms with E-state index in [-0.39, 0.29) is 36.0 Å². The van der Waals surface area contributed by atoms with Gasteiger partial charge in [-0.2, -0.15) is 5.26 Å². The Hall–Kier alpha value is -0.0400. The molecular weight excluding hydrogens is 141 g/mol. The van der Waals surface area contributed by atoms with Gasteiger partial charge in [0.05, 0.1) is 6.07 Å². The molecule has 0 bridgehead atoms. The van der Waals surface area contributed by atoms with Gasteiger partial charge < -0.3 is 5.11 Å². The minimum atomic E-state index is -0.784. The molecule has 0 atom stereocenters. The first-order valence-electron chi connectivity index (χ1n) is 2.86. The Labute approximate surface area is 82.3 Å². The first-order valence-corrected chi connectivity index (χ1v) is 2.86. The van der Waals surface area contributed by atoms with E-state index >= 15 is 0 Å². The van der Waals surface area contributed by atoms with Crippen molar-refractivity contribution in [3.05, 3.63) is 0 Å². The van der Waals surface area contributed by atoms with Gasteiger partial charge >= 0.3 is 35.5 Å². The van der Waals surface area contributed by atoms with Gasteiger partial charge in [0.2, 0.25) is 0 Å². The van der Waals surface area contributed by atoms with Crippen molar-refractivity contribution >= 4 is 35.5 Å². The Bertz CT molecular complexity index is 130. The Morgan fingerprint density at radius 2 is 2.10 bits per heavy atom. The second-order valence-electron chi connectivity index (χ2n) is 1.76. The number of hydrogen-bond donors (Lipinski definition) is 1. The van der Waals surface area contributed by atoms with E-state index in [1.807, 2.05) is 6.07 Å². The van der Waals surface area contributed by atoms with Crippen LogP contribution in [0.1, 0.15) is 25.7 Å². The van der Waals surface area contributed by atoms with Crippen LogP contribution in [0.5, 0.6) is 0 Å². The van der Waals surface area contributed by atoms with E-state index in [4.69, 9.17) is 10.4 Å². The second-order valence-corrected chi connectivity index (χ2v) is 1.76. The summed E-state index contributed by atoms with van der Waals surface area (Å²) >= 11 is 0. The number of hydrogen-bond acceptors (Lipinski definition) is 2. The third kappa shape index (κ3) is 10.9. The molecule has 1 N–H and O–H groups in total. The van der Waals surface area contributed by atoms with Gasteiger partial charge in [0.15, 0.2) is 0 Å². The van der Waals surface area contributed by atoms with Crippen LogP contribution in [0.4, 0.5) is 0 Å². The predicted molar refractivity (Wildman–Crippen MR) is 38.9 cm³/mol. The van der Waals surface area contributed by atoms with E-state index in [9.17, 15) is 4.79 Å². The molecule has 3 nitrogen and oxygen atoms in total. The van der Waals surface area contributed by atoms with Crippen LogP contribution in [0, 0.1) is 11.3 Å². The molecule has 0 amide bonds. The minimum absolute atomic E-state index is 0. The van der Waals surface area contributed by atoms with E-state index < -0.39 is 5.97 Å². The summed E-state index contributed by atoms with van der Waals surface area (Å²) in [4.78, 5) is 9.88. The van der Waals surface area contributed by atoms with E-state index in [2.05, 4.69) is 0 Å². The number of nitriles is 1. The molecule has 0 aromatic rings. The summed E-state index contributed by atoms with van der Waals surface area (Å²) in [7, 11) is 0. The quantitative estimate of drug-likeness (QED) is 0.470. The number of unbranched alkanes of at least 4 members (excludes halogenated alkanes) is 2. The average molecular weight is 151 g/mol. The molecule has 0 radical (unpaired) electrons. The van der Waals surface area contributed by atoms with Gasteiger partial charge in [-0.3, -0.25) is 4.79 Å². The Balaban J connectivity index is 0. The van der Waals surface area contributed by atoms with Crippen molar-refractivity contribution in [2.24, 2.45) is 0 Å². The van der Waals surface area contributed by atoms with Crippen LogP contribution in [-0.4, -0.2) is 40.6 Å². The van der Waals surface area contributed by atoms with Gasteiger partial charge in [0.1, 0.15) is 0 Å². The standard InChI is InChI=1S/C6H9NO2.Na.H/c7-5-3-1-2-4-6(8)9;;/h1-4H2,(H,8,9);;.